The molecule has 0 bridgehead atoms. The van der Waals surface area contributed by atoms with Gasteiger partial charge >= 0.3 is 0 Å². The Bertz CT molecular complexity index is 767. The summed E-state index contributed by atoms with van der Waals surface area (Å²) in [6.07, 6.45) is 4.79. The SMILES string of the molecule is C[C@H](c1cn(-c2ccccc2)nn1)N1CCC(NS(C)(=O)=O)CC1. The van der Waals surface area contributed by atoms with Crippen LogP contribution in [0.15, 0.2) is 36.5 Å². The number of nitrogens with one attached hydrogen (secondary N) is 1. The molecule has 2 aromatic rings. The van der Waals surface area contributed by atoms with Crippen LogP contribution in [0.3, 0.4) is 0 Å². The fraction of sp³-hybridized carbons (Fsp3) is 0.500. The third kappa shape index (κ3) is 4.19. The minimum absolute atomic E-state index is 0.0310. The summed E-state index contributed by atoms with van der Waals surface area (Å²) in [5, 5.41) is 8.52. The lowest BCUT2D eigenvalue weighted by molar-refractivity contribution is 0.156. The maximum Gasteiger partial charge on any atom is 0.208 e. The van der Waals surface area contributed by atoms with E-state index < -0.39 is 10.0 Å². The summed E-state index contributed by atoms with van der Waals surface area (Å²) in [6.45, 7) is 3.79. The van der Waals surface area contributed by atoms with Crippen LogP contribution < -0.4 is 4.72 Å². The van der Waals surface area contributed by atoms with Crippen molar-refractivity contribution in [1.29, 1.82) is 0 Å². The number of para-hydroxylation sites is 1. The zero-order chi connectivity index (χ0) is 17.2. The molecule has 1 fully saturated rings. The molecule has 1 atom stereocenters. The summed E-state index contributed by atoms with van der Waals surface area (Å²) < 4.78 is 27.1. The van der Waals surface area contributed by atoms with Crippen molar-refractivity contribution in [3.63, 3.8) is 0 Å². The highest BCUT2D eigenvalue weighted by molar-refractivity contribution is 7.88. The third-order valence-electron chi connectivity index (χ3n) is 4.42. The van der Waals surface area contributed by atoms with Crippen LogP contribution in [0.1, 0.15) is 31.5 Å². The van der Waals surface area contributed by atoms with Gasteiger partial charge in [0.05, 0.1) is 29.9 Å². The Kier molecular flexibility index (Phi) is 4.98. The van der Waals surface area contributed by atoms with Gasteiger partial charge in [-0.3, -0.25) is 4.90 Å². The lowest BCUT2D eigenvalue weighted by Crippen LogP contribution is -2.45. The standard InChI is InChI=1S/C16H23N5O2S/c1-13(20-10-8-14(9-11-20)18-24(2,22)23)16-12-21(19-17-16)15-6-4-3-5-7-15/h3-7,12-14,18H,8-11H2,1-2H3/t13-/m1/s1. The van der Waals surface area contributed by atoms with Crippen LogP contribution >= 0.6 is 0 Å². The molecule has 0 saturated carbocycles. The van der Waals surface area contributed by atoms with E-state index in [-0.39, 0.29) is 12.1 Å². The highest BCUT2D eigenvalue weighted by Crippen LogP contribution is 2.23. The van der Waals surface area contributed by atoms with Crippen LogP contribution in [0.4, 0.5) is 0 Å². The Hall–Kier alpha value is -1.77. The quantitative estimate of drug-likeness (QED) is 0.881. The molecular formula is C16H23N5O2S. The number of likely N-dealkylation sites (tertiary alicyclic amines) is 1. The van der Waals surface area contributed by atoms with Gasteiger partial charge in [-0.15, -0.1) is 5.10 Å². The number of aromatic nitrogens is 3. The van der Waals surface area contributed by atoms with Crippen molar-refractivity contribution in [3.8, 4) is 5.69 Å². The van der Waals surface area contributed by atoms with E-state index >= 15 is 0 Å². The second-order valence-corrected chi connectivity index (χ2v) is 8.08. The van der Waals surface area contributed by atoms with Gasteiger partial charge in [0.15, 0.2) is 0 Å². The van der Waals surface area contributed by atoms with E-state index in [9.17, 15) is 8.42 Å². The van der Waals surface area contributed by atoms with Crippen LogP contribution in [0.25, 0.3) is 5.69 Å². The van der Waals surface area contributed by atoms with Crippen molar-refractivity contribution < 1.29 is 8.42 Å². The summed E-state index contributed by atoms with van der Waals surface area (Å²) in [5.74, 6) is 0. The summed E-state index contributed by atoms with van der Waals surface area (Å²) >= 11 is 0. The first-order chi connectivity index (χ1) is 11.4. The van der Waals surface area contributed by atoms with Gasteiger partial charge in [0.2, 0.25) is 10.0 Å². The molecule has 130 valence electrons. The molecule has 1 saturated heterocycles. The molecule has 0 spiro atoms. The van der Waals surface area contributed by atoms with E-state index in [0.717, 1.165) is 37.3 Å². The van der Waals surface area contributed by atoms with Crippen LogP contribution in [-0.4, -0.2) is 53.7 Å². The topological polar surface area (TPSA) is 80.1 Å². The summed E-state index contributed by atoms with van der Waals surface area (Å²) in [5.41, 5.74) is 1.91. The van der Waals surface area contributed by atoms with Crippen molar-refractivity contribution in [2.75, 3.05) is 19.3 Å². The van der Waals surface area contributed by atoms with Crippen LogP contribution in [-0.2, 0) is 10.0 Å². The van der Waals surface area contributed by atoms with Gasteiger partial charge in [-0.2, -0.15) is 0 Å². The van der Waals surface area contributed by atoms with Gasteiger partial charge < -0.3 is 0 Å². The van der Waals surface area contributed by atoms with Gasteiger partial charge in [0.1, 0.15) is 0 Å². The Morgan fingerprint density at radius 2 is 1.88 bits per heavy atom. The second-order valence-electron chi connectivity index (χ2n) is 6.30. The zero-order valence-electron chi connectivity index (χ0n) is 14.0. The predicted molar refractivity (Wildman–Crippen MR) is 92.3 cm³/mol. The lowest BCUT2D eigenvalue weighted by atomic mass is 10.0. The number of hydrogen-bond acceptors (Lipinski definition) is 5. The van der Waals surface area contributed by atoms with Crippen LogP contribution in [0, 0.1) is 0 Å². The van der Waals surface area contributed by atoms with Gasteiger partial charge in [0, 0.05) is 19.1 Å². The van der Waals surface area contributed by atoms with E-state index in [1.54, 1.807) is 4.68 Å². The molecule has 1 aliphatic heterocycles. The average Bonchev–Trinajstić information content (AvgIpc) is 3.04. The predicted octanol–water partition coefficient (Wildman–Crippen LogP) is 1.34. The summed E-state index contributed by atoms with van der Waals surface area (Å²) in [6, 6.07) is 10.1. The molecule has 1 aliphatic rings. The average molecular weight is 349 g/mol. The van der Waals surface area contributed by atoms with Crippen LogP contribution in [0.5, 0.6) is 0 Å². The van der Waals surface area contributed by atoms with Crippen molar-refractivity contribution in [1.82, 2.24) is 24.6 Å². The third-order valence-corrected chi connectivity index (χ3v) is 5.18. The molecule has 0 radical (unpaired) electrons. The second kappa shape index (κ2) is 7.00. The highest BCUT2D eigenvalue weighted by Gasteiger charge is 2.26. The van der Waals surface area contributed by atoms with E-state index in [2.05, 4.69) is 26.9 Å². The molecule has 1 N–H and O–H groups in total. The Balaban J connectivity index is 1.62. The summed E-state index contributed by atoms with van der Waals surface area (Å²) in [7, 11) is -3.14. The molecule has 3 rings (SSSR count). The molecule has 1 aromatic carbocycles. The van der Waals surface area contributed by atoms with E-state index in [4.69, 9.17) is 0 Å². The molecule has 0 aliphatic carbocycles. The summed E-state index contributed by atoms with van der Waals surface area (Å²) in [4.78, 5) is 2.32. The lowest BCUT2D eigenvalue weighted by Gasteiger charge is -2.35. The van der Waals surface area contributed by atoms with E-state index in [0.29, 0.717) is 0 Å². The molecule has 1 aromatic heterocycles. The smallest absolute Gasteiger partial charge is 0.208 e. The number of sulfonamides is 1. The molecule has 0 amide bonds. The largest absolute Gasteiger partial charge is 0.295 e. The van der Waals surface area contributed by atoms with E-state index in [1.807, 2.05) is 36.5 Å². The zero-order valence-corrected chi connectivity index (χ0v) is 14.8. The van der Waals surface area contributed by atoms with Crippen LogP contribution in [0.2, 0.25) is 0 Å². The first-order valence-corrected chi connectivity index (χ1v) is 10.0. The van der Waals surface area contributed by atoms with Crippen molar-refractivity contribution in [2.24, 2.45) is 0 Å². The van der Waals surface area contributed by atoms with Gasteiger partial charge in [-0.05, 0) is 31.9 Å². The fourth-order valence-electron chi connectivity index (χ4n) is 3.07. The normalized spacial score (nSPS) is 18.6. The first kappa shape index (κ1) is 17.1. The van der Waals surface area contributed by atoms with Gasteiger partial charge in [-0.25, -0.2) is 17.8 Å². The fourth-order valence-corrected chi connectivity index (χ4v) is 3.91. The van der Waals surface area contributed by atoms with Crippen molar-refractivity contribution in [3.05, 3.63) is 42.2 Å². The number of piperidine rings is 1. The molecular weight excluding hydrogens is 326 g/mol. The molecule has 24 heavy (non-hydrogen) atoms. The molecule has 8 heteroatoms. The minimum Gasteiger partial charge on any atom is -0.295 e. The molecule has 7 nitrogen and oxygen atoms in total. The molecule has 2 heterocycles. The Labute approximate surface area is 142 Å². The molecule has 0 unspecified atom stereocenters. The van der Waals surface area contributed by atoms with Crippen molar-refractivity contribution >= 4 is 10.0 Å². The first-order valence-electron chi connectivity index (χ1n) is 8.11. The van der Waals surface area contributed by atoms with Crippen molar-refractivity contribution in [2.45, 2.75) is 31.8 Å². The van der Waals surface area contributed by atoms with Gasteiger partial charge in [-0.1, -0.05) is 23.4 Å². The maximum absolute atomic E-state index is 11.3. The van der Waals surface area contributed by atoms with E-state index in [1.165, 1.54) is 6.26 Å². The minimum atomic E-state index is -3.14. The number of rotatable bonds is 5. The Morgan fingerprint density at radius 3 is 2.50 bits per heavy atom. The van der Waals surface area contributed by atoms with Gasteiger partial charge in [0.25, 0.3) is 0 Å². The highest BCUT2D eigenvalue weighted by atomic mass is 32.2. The number of nitrogens with zero attached hydrogens (tertiary/aromatic N) is 4. The maximum atomic E-state index is 11.3. The number of benzene rings is 1. The Morgan fingerprint density at radius 1 is 1.21 bits per heavy atom. The monoisotopic (exact) mass is 349 g/mol. The number of hydrogen-bond donors (Lipinski definition) is 1.